The van der Waals surface area contributed by atoms with E-state index in [9.17, 15) is 4.79 Å². The first kappa shape index (κ1) is 16.5. The molecule has 0 spiro atoms. The van der Waals surface area contributed by atoms with Crippen LogP contribution in [0.25, 0.3) is 0 Å². The lowest BCUT2D eigenvalue weighted by Gasteiger charge is -2.21. The van der Waals surface area contributed by atoms with Crippen LogP contribution in [0.15, 0.2) is 47.8 Å². The van der Waals surface area contributed by atoms with E-state index in [1.165, 1.54) is 10.4 Å². The lowest BCUT2D eigenvalue weighted by Crippen LogP contribution is -2.32. The molecule has 1 amide bonds. The smallest absolute Gasteiger partial charge is 0.266 e. The molecular formula is C20H20N2OS2. The highest BCUT2D eigenvalue weighted by molar-refractivity contribution is 7.13. The summed E-state index contributed by atoms with van der Waals surface area (Å²) in [4.78, 5) is 21.9. The maximum atomic E-state index is 13.1. The minimum atomic E-state index is 0.144. The Morgan fingerprint density at radius 3 is 2.68 bits per heavy atom. The number of rotatable bonds is 6. The predicted molar refractivity (Wildman–Crippen MR) is 103 cm³/mol. The highest BCUT2D eigenvalue weighted by atomic mass is 32.1. The number of hydrogen-bond acceptors (Lipinski definition) is 4. The minimum Gasteiger partial charge on any atom is -0.330 e. The number of carbonyl (C=O) groups is 1. The molecular weight excluding hydrogens is 348 g/mol. The number of thiazole rings is 1. The van der Waals surface area contributed by atoms with E-state index in [1.807, 2.05) is 36.1 Å². The number of aromatic nitrogens is 1. The molecule has 3 aromatic rings. The summed E-state index contributed by atoms with van der Waals surface area (Å²) < 4.78 is 0. The Morgan fingerprint density at radius 1 is 1.20 bits per heavy atom. The fourth-order valence-corrected chi connectivity index (χ4v) is 4.71. The average molecular weight is 369 g/mol. The van der Waals surface area contributed by atoms with Gasteiger partial charge in [0.25, 0.3) is 5.91 Å². The summed E-state index contributed by atoms with van der Waals surface area (Å²) in [5.74, 6) is 0.144. The molecule has 0 unspecified atom stereocenters. The molecule has 1 aliphatic rings. The van der Waals surface area contributed by atoms with Gasteiger partial charge in [-0.25, -0.2) is 4.98 Å². The Hall–Kier alpha value is -1.98. The van der Waals surface area contributed by atoms with Gasteiger partial charge < -0.3 is 4.90 Å². The normalized spacial score (nSPS) is 13.8. The van der Waals surface area contributed by atoms with E-state index in [0.717, 1.165) is 34.8 Å². The standard InChI is InChI=1S/C20H20N2OS2/c1-14-19(25-18(21-14)12-15-6-3-2-4-7-15)20(23)22(16-9-10-16)13-17-8-5-11-24-17/h2-8,11,16H,9-10,12-13H2,1H3. The van der Waals surface area contributed by atoms with Crippen LogP contribution in [-0.2, 0) is 13.0 Å². The molecule has 0 aliphatic heterocycles. The van der Waals surface area contributed by atoms with Gasteiger partial charge in [-0.05, 0) is 36.8 Å². The van der Waals surface area contributed by atoms with Gasteiger partial charge in [0.05, 0.1) is 17.2 Å². The van der Waals surface area contributed by atoms with Crippen molar-refractivity contribution >= 4 is 28.6 Å². The van der Waals surface area contributed by atoms with Crippen molar-refractivity contribution in [1.29, 1.82) is 0 Å². The number of amides is 1. The summed E-state index contributed by atoms with van der Waals surface area (Å²) in [5.41, 5.74) is 2.09. The van der Waals surface area contributed by atoms with Crippen LogP contribution in [0.1, 0.15) is 43.7 Å². The van der Waals surface area contributed by atoms with E-state index in [2.05, 4.69) is 28.6 Å². The van der Waals surface area contributed by atoms with Gasteiger partial charge in [0.15, 0.2) is 0 Å². The van der Waals surface area contributed by atoms with Crippen molar-refractivity contribution < 1.29 is 4.79 Å². The third-order valence-corrected chi connectivity index (χ3v) is 6.39. The van der Waals surface area contributed by atoms with Crippen molar-refractivity contribution in [3.8, 4) is 0 Å². The summed E-state index contributed by atoms with van der Waals surface area (Å²) in [5, 5.41) is 3.08. The SMILES string of the molecule is Cc1nc(Cc2ccccc2)sc1C(=O)N(Cc1cccs1)C1CC1. The largest absolute Gasteiger partial charge is 0.330 e. The third-order valence-electron chi connectivity index (χ3n) is 4.39. The van der Waals surface area contributed by atoms with Crippen molar-refractivity contribution in [3.63, 3.8) is 0 Å². The van der Waals surface area contributed by atoms with E-state index in [1.54, 1.807) is 22.7 Å². The number of carbonyl (C=O) groups excluding carboxylic acids is 1. The molecule has 4 rings (SSSR count). The van der Waals surface area contributed by atoms with E-state index in [-0.39, 0.29) is 5.91 Å². The minimum absolute atomic E-state index is 0.144. The maximum Gasteiger partial charge on any atom is 0.266 e. The quantitative estimate of drug-likeness (QED) is 0.619. The van der Waals surface area contributed by atoms with Crippen LogP contribution >= 0.6 is 22.7 Å². The highest BCUT2D eigenvalue weighted by Gasteiger charge is 2.34. The number of thiophene rings is 1. The van der Waals surface area contributed by atoms with Crippen LogP contribution in [0.3, 0.4) is 0 Å². The van der Waals surface area contributed by atoms with Crippen LogP contribution in [-0.4, -0.2) is 21.8 Å². The van der Waals surface area contributed by atoms with Crippen molar-refractivity contribution in [3.05, 3.63) is 73.9 Å². The summed E-state index contributed by atoms with van der Waals surface area (Å²) in [6.07, 6.45) is 3.02. The fraction of sp³-hybridized carbons (Fsp3) is 0.300. The van der Waals surface area contributed by atoms with E-state index < -0.39 is 0 Å². The molecule has 1 saturated carbocycles. The molecule has 128 valence electrons. The molecule has 25 heavy (non-hydrogen) atoms. The van der Waals surface area contributed by atoms with Crippen LogP contribution in [0.2, 0.25) is 0 Å². The first-order chi connectivity index (χ1) is 12.2. The van der Waals surface area contributed by atoms with Gasteiger partial charge in [-0.2, -0.15) is 0 Å². The van der Waals surface area contributed by atoms with Crippen molar-refractivity contribution in [2.24, 2.45) is 0 Å². The Balaban J connectivity index is 1.54. The summed E-state index contributed by atoms with van der Waals surface area (Å²) in [6, 6.07) is 14.9. The molecule has 0 bridgehead atoms. The molecule has 0 radical (unpaired) electrons. The zero-order chi connectivity index (χ0) is 17.2. The van der Waals surface area contributed by atoms with Crippen molar-refractivity contribution in [2.45, 2.75) is 38.8 Å². The molecule has 1 fully saturated rings. The van der Waals surface area contributed by atoms with Gasteiger partial charge >= 0.3 is 0 Å². The summed E-state index contributed by atoms with van der Waals surface area (Å²) >= 11 is 3.26. The van der Waals surface area contributed by atoms with Gasteiger partial charge in [0.2, 0.25) is 0 Å². The van der Waals surface area contributed by atoms with Crippen LogP contribution in [0, 0.1) is 6.92 Å². The number of aryl methyl sites for hydroxylation is 1. The summed E-state index contributed by atoms with van der Waals surface area (Å²) in [7, 11) is 0. The molecule has 2 aromatic heterocycles. The molecule has 0 atom stereocenters. The number of benzene rings is 1. The van der Waals surface area contributed by atoms with Gasteiger partial charge in [-0.15, -0.1) is 22.7 Å². The lowest BCUT2D eigenvalue weighted by atomic mass is 10.2. The van der Waals surface area contributed by atoms with Crippen molar-refractivity contribution in [2.75, 3.05) is 0 Å². The Kier molecular flexibility index (Phi) is 4.68. The zero-order valence-electron chi connectivity index (χ0n) is 14.1. The number of hydrogen-bond donors (Lipinski definition) is 0. The molecule has 1 aromatic carbocycles. The molecule has 5 heteroatoms. The van der Waals surface area contributed by atoms with Gasteiger partial charge in [-0.1, -0.05) is 36.4 Å². The molecule has 0 N–H and O–H groups in total. The Labute approximate surface area is 156 Å². The van der Waals surface area contributed by atoms with Gasteiger partial charge in [0.1, 0.15) is 4.88 Å². The van der Waals surface area contributed by atoms with Crippen LogP contribution in [0.5, 0.6) is 0 Å². The molecule has 1 aliphatic carbocycles. The first-order valence-electron chi connectivity index (χ1n) is 8.54. The van der Waals surface area contributed by atoms with E-state index >= 15 is 0 Å². The molecule has 3 nitrogen and oxygen atoms in total. The highest BCUT2D eigenvalue weighted by Crippen LogP contribution is 2.32. The zero-order valence-corrected chi connectivity index (χ0v) is 15.8. The average Bonchev–Trinajstić information content (AvgIpc) is 3.20. The Bertz CT molecular complexity index is 851. The molecule has 2 heterocycles. The first-order valence-corrected chi connectivity index (χ1v) is 10.2. The topological polar surface area (TPSA) is 33.2 Å². The second-order valence-electron chi connectivity index (χ2n) is 6.43. The summed E-state index contributed by atoms with van der Waals surface area (Å²) in [6.45, 7) is 2.67. The molecule has 0 saturated heterocycles. The second-order valence-corrected chi connectivity index (χ2v) is 8.54. The van der Waals surface area contributed by atoms with Crippen LogP contribution < -0.4 is 0 Å². The van der Waals surface area contributed by atoms with Crippen LogP contribution in [0.4, 0.5) is 0 Å². The lowest BCUT2D eigenvalue weighted by molar-refractivity contribution is 0.0735. The van der Waals surface area contributed by atoms with Gasteiger partial charge in [0, 0.05) is 17.3 Å². The Morgan fingerprint density at radius 2 is 2.00 bits per heavy atom. The fourth-order valence-electron chi connectivity index (χ4n) is 2.95. The number of nitrogens with zero attached hydrogens (tertiary/aromatic N) is 2. The van der Waals surface area contributed by atoms with Gasteiger partial charge in [-0.3, -0.25) is 4.79 Å². The predicted octanol–water partition coefficient (Wildman–Crippen LogP) is 4.91. The van der Waals surface area contributed by atoms with Crippen molar-refractivity contribution in [1.82, 2.24) is 9.88 Å². The van der Waals surface area contributed by atoms with E-state index in [0.29, 0.717) is 12.6 Å². The second kappa shape index (κ2) is 7.10. The maximum absolute atomic E-state index is 13.1. The third kappa shape index (κ3) is 3.83. The van der Waals surface area contributed by atoms with E-state index in [4.69, 9.17) is 0 Å². The monoisotopic (exact) mass is 368 g/mol.